The first-order valence-corrected chi connectivity index (χ1v) is 3.20. The van der Waals surface area contributed by atoms with Crippen molar-refractivity contribution >= 4 is 10.9 Å². The molecule has 11 heavy (non-hydrogen) atoms. The molecule has 0 amide bonds. The normalized spacial score (nSPS) is 10.2. The van der Waals surface area contributed by atoms with Crippen molar-refractivity contribution in [3.05, 3.63) is 41.1 Å². The predicted octanol–water partition coefficient (Wildman–Crippen LogP) is 1.19. The molecule has 0 spiro atoms. The van der Waals surface area contributed by atoms with E-state index in [1.54, 1.807) is 18.2 Å². The highest BCUT2D eigenvalue weighted by molar-refractivity contribution is 5.76. The number of aromatic nitrogens is 1. The third-order valence-electron chi connectivity index (χ3n) is 1.48. The minimum absolute atomic E-state index is 0.337. The highest BCUT2D eigenvalue weighted by atomic mass is 16.4. The van der Waals surface area contributed by atoms with Gasteiger partial charge in [-0.25, -0.2) is 9.78 Å². The van der Waals surface area contributed by atoms with Crippen molar-refractivity contribution in [1.82, 2.24) is 4.98 Å². The van der Waals surface area contributed by atoms with E-state index in [0.717, 1.165) is 6.39 Å². The number of hydrogen-bond donors (Lipinski definition) is 0. The van der Waals surface area contributed by atoms with Crippen LogP contribution in [-0.4, -0.2) is 4.98 Å². The van der Waals surface area contributed by atoms with Crippen molar-refractivity contribution in [2.45, 2.75) is 0 Å². The number of fused-ring (bicyclic) bond motifs is 1. The lowest BCUT2D eigenvalue weighted by Crippen LogP contribution is -1.98. The first-order chi connectivity index (χ1) is 5.38. The zero-order valence-electron chi connectivity index (χ0n) is 5.65. The van der Waals surface area contributed by atoms with Crippen molar-refractivity contribution in [1.29, 1.82) is 0 Å². The topological polar surface area (TPSA) is 43.1 Å². The van der Waals surface area contributed by atoms with Crippen LogP contribution in [0.5, 0.6) is 0 Å². The van der Waals surface area contributed by atoms with Crippen LogP contribution in [0.15, 0.2) is 39.9 Å². The monoisotopic (exact) mass is 147 g/mol. The molecule has 2 aromatic rings. The molecule has 3 nitrogen and oxygen atoms in total. The van der Waals surface area contributed by atoms with Gasteiger partial charge in [0.15, 0.2) is 6.39 Å². The van der Waals surface area contributed by atoms with Gasteiger partial charge in [-0.3, -0.25) is 0 Å². The molecule has 0 saturated heterocycles. The average Bonchev–Trinajstić information content (AvgIpc) is 2.06. The first-order valence-electron chi connectivity index (χ1n) is 3.20. The molecular formula is C8H5NO2. The number of benzene rings is 1. The predicted molar refractivity (Wildman–Crippen MR) is 40.3 cm³/mol. The van der Waals surface area contributed by atoms with E-state index in [4.69, 9.17) is 0 Å². The molecule has 0 N–H and O–H groups in total. The molecule has 2 rings (SSSR count). The van der Waals surface area contributed by atoms with Gasteiger partial charge in [0.2, 0.25) is 0 Å². The molecule has 0 bridgehead atoms. The van der Waals surface area contributed by atoms with Crippen molar-refractivity contribution in [3.63, 3.8) is 0 Å². The molecule has 3 heteroatoms. The minimum Gasteiger partial charge on any atom is -0.411 e. The Labute approximate surface area is 62.3 Å². The summed E-state index contributed by atoms with van der Waals surface area (Å²) in [7, 11) is 0. The second-order valence-electron chi connectivity index (χ2n) is 2.16. The average molecular weight is 147 g/mol. The van der Waals surface area contributed by atoms with E-state index < -0.39 is 0 Å². The maximum Gasteiger partial charge on any atom is 0.346 e. The van der Waals surface area contributed by atoms with Gasteiger partial charge >= 0.3 is 5.63 Å². The Bertz CT molecular complexity index is 428. The summed E-state index contributed by atoms with van der Waals surface area (Å²) in [4.78, 5) is 14.8. The fourth-order valence-corrected chi connectivity index (χ4v) is 0.953. The summed E-state index contributed by atoms with van der Waals surface area (Å²) in [6.07, 6.45) is 1.16. The Balaban J connectivity index is 3.03. The summed E-state index contributed by atoms with van der Waals surface area (Å²) in [5.41, 5.74) is 0.333. The van der Waals surface area contributed by atoms with Crippen LogP contribution in [-0.2, 0) is 0 Å². The quantitative estimate of drug-likeness (QED) is 0.562. The van der Waals surface area contributed by atoms with Gasteiger partial charge in [0.25, 0.3) is 0 Å². The van der Waals surface area contributed by atoms with Gasteiger partial charge in [0.05, 0.1) is 10.9 Å². The first kappa shape index (κ1) is 6.09. The number of nitrogens with zero attached hydrogens (tertiary/aromatic N) is 1. The largest absolute Gasteiger partial charge is 0.411 e. The third kappa shape index (κ3) is 0.902. The Morgan fingerprint density at radius 1 is 1.27 bits per heavy atom. The van der Waals surface area contributed by atoms with Crippen LogP contribution in [0.4, 0.5) is 0 Å². The maximum absolute atomic E-state index is 11.0. The second-order valence-corrected chi connectivity index (χ2v) is 2.16. The van der Waals surface area contributed by atoms with Crippen LogP contribution in [0.3, 0.4) is 0 Å². The molecule has 0 aliphatic carbocycles. The van der Waals surface area contributed by atoms with Crippen molar-refractivity contribution < 1.29 is 4.42 Å². The molecule has 0 atom stereocenters. The molecule has 0 unspecified atom stereocenters. The molecule has 0 fully saturated rings. The number of rotatable bonds is 0. The molecule has 1 aromatic carbocycles. The summed E-state index contributed by atoms with van der Waals surface area (Å²) in [5.74, 6) is 0. The highest BCUT2D eigenvalue weighted by Crippen LogP contribution is 2.03. The zero-order valence-corrected chi connectivity index (χ0v) is 5.65. The fraction of sp³-hybridized carbons (Fsp3) is 0. The van der Waals surface area contributed by atoms with E-state index in [9.17, 15) is 4.79 Å². The van der Waals surface area contributed by atoms with Crippen molar-refractivity contribution in [2.24, 2.45) is 0 Å². The number of hydrogen-bond acceptors (Lipinski definition) is 3. The minimum atomic E-state index is -0.337. The Hall–Kier alpha value is -1.64. The van der Waals surface area contributed by atoms with Gasteiger partial charge in [-0.2, -0.15) is 0 Å². The highest BCUT2D eigenvalue weighted by Gasteiger charge is 1.96. The van der Waals surface area contributed by atoms with Gasteiger partial charge in [-0.15, -0.1) is 0 Å². The number of para-hydroxylation sites is 1. The van der Waals surface area contributed by atoms with E-state index in [1.165, 1.54) is 0 Å². The van der Waals surface area contributed by atoms with Crippen molar-refractivity contribution in [2.75, 3.05) is 0 Å². The van der Waals surface area contributed by atoms with Crippen LogP contribution < -0.4 is 5.63 Å². The van der Waals surface area contributed by atoms with Crippen LogP contribution in [0.25, 0.3) is 10.9 Å². The molecule has 0 aliphatic heterocycles. The van der Waals surface area contributed by atoms with E-state index in [0.29, 0.717) is 10.9 Å². The lowest BCUT2D eigenvalue weighted by molar-refractivity contribution is 0.501. The summed E-state index contributed by atoms with van der Waals surface area (Å²) in [5, 5.41) is 0.523. The van der Waals surface area contributed by atoms with Gasteiger partial charge in [0, 0.05) is 0 Å². The molecule has 0 radical (unpaired) electrons. The lowest BCUT2D eigenvalue weighted by atomic mass is 10.2. The van der Waals surface area contributed by atoms with Crippen LogP contribution in [0.2, 0.25) is 0 Å². The second kappa shape index (κ2) is 2.20. The van der Waals surface area contributed by atoms with Gasteiger partial charge in [-0.1, -0.05) is 12.1 Å². The third-order valence-corrected chi connectivity index (χ3v) is 1.48. The molecule has 54 valence electrons. The maximum atomic E-state index is 11.0. The standard InChI is InChI=1S/C8H5NO2/c10-8-6-3-1-2-4-7(6)9-5-11-8/h1-5H. The van der Waals surface area contributed by atoms with Gasteiger partial charge in [0.1, 0.15) is 0 Å². The fourth-order valence-electron chi connectivity index (χ4n) is 0.953. The summed E-state index contributed by atoms with van der Waals surface area (Å²) < 4.78 is 4.57. The van der Waals surface area contributed by atoms with E-state index >= 15 is 0 Å². The SMILES string of the molecule is O=c1ocnc2ccccc12. The Morgan fingerprint density at radius 2 is 2.09 bits per heavy atom. The summed E-state index contributed by atoms with van der Waals surface area (Å²) in [6, 6.07) is 7.07. The van der Waals surface area contributed by atoms with E-state index in [2.05, 4.69) is 9.40 Å². The van der Waals surface area contributed by atoms with Gasteiger partial charge < -0.3 is 4.42 Å². The molecule has 0 aliphatic rings. The Kier molecular flexibility index (Phi) is 1.22. The molecule has 1 heterocycles. The molecule has 0 saturated carbocycles. The van der Waals surface area contributed by atoms with Crippen LogP contribution in [0.1, 0.15) is 0 Å². The van der Waals surface area contributed by atoms with Crippen molar-refractivity contribution in [3.8, 4) is 0 Å². The van der Waals surface area contributed by atoms with Crippen LogP contribution >= 0.6 is 0 Å². The molecular weight excluding hydrogens is 142 g/mol. The van der Waals surface area contributed by atoms with E-state index in [-0.39, 0.29) is 5.63 Å². The Morgan fingerprint density at radius 3 is 2.91 bits per heavy atom. The summed E-state index contributed by atoms with van der Waals surface area (Å²) >= 11 is 0. The van der Waals surface area contributed by atoms with Gasteiger partial charge in [-0.05, 0) is 12.1 Å². The lowest BCUT2D eigenvalue weighted by Gasteiger charge is -1.90. The molecule has 1 aromatic heterocycles. The van der Waals surface area contributed by atoms with Crippen LogP contribution in [0, 0.1) is 0 Å². The zero-order chi connectivity index (χ0) is 7.68. The smallest absolute Gasteiger partial charge is 0.346 e. The summed E-state index contributed by atoms with van der Waals surface area (Å²) in [6.45, 7) is 0. The van der Waals surface area contributed by atoms with E-state index in [1.807, 2.05) is 6.07 Å².